The van der Waals surface area contributed by atoms with Crippen LogP contribution in [-0.4, -0.2) is 19.2 Å². The summed E-state index contributed by atoms with van der Waals surface area (Å²) in [4.78, 5) is 11.4. The third-order valence-electron chi connectivity index (χ3n) is 2.79. The maximum absolute atomic E-state index is 11.4. The zero-order valence-electron chi connectivity index (χ0n) is 12.0. The summed E-state index contributed by atoms with van der Waals surface area (Å²) in [7, 11) is 1.30. The molecular weight excluding hydrogens is 327 g/mol. The number of esters is 1. The lowest BCUT2D eigenvalue weighted by Gasteiger charge is -2.14. The first-order valence-electron chi connectivity index (χ1n) is 6.47. The topological polar surface area (TPSA) is 44.8 Å². The molecule has 0 amide bonds. The van der Waals surface area contributed by atoms with Gasteiger partial charge in [-0.05, 0) is 43.3 Å². The number of ether oxygens (including phenoxy) is 3. The fourth-order valence-corrected chi connectivity index (χ4v) is 1.97. The van der Waals surface area contributed by atoms with Crippen molar-refractivity contribution in [3.05, 3.63) is 52.5 Å². The number of carbonyl (C=O) groups excluding carboxylic acids is 1. The van der Waals surface area contributed by atoms with E-state index in [2.05, 4.69) is 4.74 Å². The molecule has 0 aliphatic carbocycles. The number of rotatable bonds is 5. The highest BCUT2D eigenvalue weighted by molar-refractivity contribution is 6.32. The van der Waals surface area contributed by atoms with Crippen molar-refractivity contribution in [2.45, 2.75) is 13.0 Å². The summed E-state index contributed by atoms with van der Waals surface area (Å²) >= 11 is 11.9. The Labute approximate surface area is 138 Å². The molecule has 0 aliphatic heterocycles. The molecule has 0 saturated carbocycles. The minimum atomic E-state index is -0.770. The standard InChI is InChI=1S/C16H14Cl2O4/c1-10(16(19)20-2)21-15-9-13(7-8-14(15)18)22-12-5-3-11(17)4-6-12/h3-10H,1-2H3. The molecule has 0 radical (unpaired) electrons. The Morgan fingerprint density at radius 1 is 1.05 bits per heavy atom. The lowest BCUT2D eigenvalue weighted by atomic mass is 10.3. The number of halogens is 2. The van der Waals surface area contributed by atoms with Crippen LogP contribution in [-0.2, 0) is 9.53 Å². The van der Waals surface area contributed by atoms with Gasteiger partial charge in [0.2, 0.25) is 0 Å². The molecule has 4 nitrogen and oxygen atoms in total. The SMILES string of the molecule is COC(=O)C(C)Oc1cc(Oc2ccc(Cl)cc2)ccc1Cl. The third kappa shape index (κ3) is 4.29. The van der Waals surface area contributed by atoms with Crippen LogP contribution in [0.25, 0.3) is 0 Å². The maximum atomic E-state index is 11.4. The molecule has 0 fully saturated rings. The van der Waals surface area contributed by atoms with Gasteiger partial charge >= 0.3 is 5.97 Å². The first-order chi connectivity index (χ1) is 10.5. The molecule has 2 aromatic rings. The third-order valence-corrected chi connectivity index (χ3v) is 3.35. The van der Waals surface area contributed by atoms with Gasteiger partial charge in [0, 0.05) is 11.1 Å². The van der Waals surface area contributed by atoms with Crippen LogP contribution in [0.5, 0.6) is 17.2 Å². The molecule has 116 valence electrons. The summed E-state index contributed by atoms with van der Waals surface area (Å²) in [5, 5.41) is 0.999. The van der Waals surface area contributed by atoms with Gasteiger partial charge in [-0.15, -0.1) is 0 Å². The zero-order chi connectivity index (χ0) is 16.1. The van der Waals surface area contributed by atoms with E-state index in [-0.39, 0.29) is 0 Å². The molecule has 2 aromatic carbocycles. The fraction of sp³-hybridized carbons (Fsp3) is 0.188. The minimum Gasteiger partial charge on any atom is -0.477 e. The molecule has 0 saturated heterocycles. The predicted molar refractivity (Wildman–Crippen MR) is 85.1 cm³/mol. The van der Waals surface area contributed by atoms with E-state index in [0.29, 0.717) is 27.3 Å². The zero-order valence-corrected chi connectivity index (χ0v) is 13.5. The highest BCUT2D eigenvalue weighted by Crippen LogP contribution is 2.32. The van der Waals surface area contributed by atoms with Crippen LogP contribution in [0.15, 0.2) is 42.5 Å². The van der Waals surface area contributed by atoms with E-state index in [9.17, 15) is 4.79 Å². The van der Waals surface area contributed by atoms with Gasteiger partial charge in [-0.2, -0.15) is 0 Å². The van der Waals surface area contributed by atoms with E-state index in [1.165, 1.54) is 7.11 Å². The molecule has 22 heavy (non-hydrogen) atoms. The van der Waals surface area contributed by atoms with Gasteiger partial charge in [0.25, 0.3) is 0 Å². The van der Waals surface area contributed by atoms with Crippen molar-refractivity contribution in [1.29, 1.82) is 0 Å². The van der Waals surface area contributed by atoms with Crippen molar-refractivity contribution in [3.63, 3.8) is 0 Å². The predicted octanol–water partition coefficient (Wildman–Crippen LogP) is 4.73. The summed E-state index contributed by atoms with van der Waals surface area (Å²) in [5.41, 5.74) is 0. The van der Waals surface area contributed by atoms with E-state index in [0.717, 1.165) is 0 Å². The second-order valence-corrected chi connectivity index (χ2v) is 5.28. The number of hydrogen-bond donors (Lipinski definition) is 0. The smallest absolute Gasteiger partial charge is 0.346 e. The molecule has 0 spiro atoms. The van der Waals surface area contributed by atoms with E-state index in [1.807, 2.05) is 0 Å². The number of benzene rings is 2. The molecule has 1 unspecified atom stereocenters. The molecule has 0 heterocycles. The van der Waals surface area contributed by atoms with Crippen molar-refractivity contribution in [1.82, 2.24) is 0 Å². The minimum absolute atomic E-state index is 0.339. The lowest BCUT2D eigenvalue weighted by Crippen LogP contribution is -2.25. The maximum Gasteiger partial charge on any atom is 0.346 e. The fourth-order valence-electron chi connectivity index (χ4n) is 1.68. The summed E-state index contributed by atoms with van der Waals surface area (Å²) < 4.78 is 15.8. The molecule has 0 aromatic heterocycles. The van der Waals surface area contributed by atoms with E-state index in [1.54, 1.807) is 49.4 Å². The normalized spacial score (nSPS) is 11.6. The van der Waals surface area contributed by atoms with Gasteiger partial charge in [-0.3, -0.25) is 0 Å². The summed E-state index contributed by atoms with van der Waals surface area (Å²) in [6, 6.07) is 11.9. The summed E-state index contributed by atoms with van der Waals surface area (Å²) in [5.74, 6) is 1.00. The van der Waals surface area contributed by atoms with Gasteiger partial charge < -0.3 is 14.2 Å². The molecule has 0 aliphatic rings. The summed E-state index contributed by atoms with van der Waals surface area (Å²) in [6.07, 6.45) is -0.770. The highest BCUT2D eigenvalue weighted by atomic mass is 35.5. The average molecular weight is 341 g/mol. The molecular formula is C16H14Cl2O4. The van der Waals surface area contributed by atoms with E-state index in [4.69, 9.17) is 32.7 Å². The first-order valence-corrected chi connectivity index (χ1v) is 7.22. The lowest BCUT2D eigenvalue weighted by molar-refractivity contribution is -0.147. The summed E-state index contributed by atoms with van der Waals surface area (Å²) in [6.45, 7) is 1.58. The van der Waals surface area contributed by atoms with Gasteiger partial charge in [0.15, 0.2) is 6.10 Å². The van der Waals surface area contributed by atoms with Crippen molar-refractivity contribution in [3.8, 4) is 17.2 Å². The van der Waals surface area contributed by atoms with Crippen LogP contribution in [0.1, 0.15) is 6.92 Å². The molecule has 6 heteroatoms. The molecule has 2 rings (SSSR count). The number of methoxy groups -OCH3 is 1. The Balaban J connectivity index is 2.15. The van der Waals surface area contributed by atoms with Crippen LogP contribution in [0.3, 0.4) is 0 Å². The quantitative estimate of drug-likeness (QED) is 0.738. The van der Waals surface area contributed by atoms with Crippen molar-refractivity contribution >= 4 is 29.2 Å². The van der Waals surface area contributed by atoms with Gasteiger partial charge in [-0.25, -0.2) is 4.79 Å². The van der Waals surface area contributed by atoms with Crippen LogP contribution in [0.2, 0.25) is 10.0 Å². The Morgan fingerprint density at radius 2 is 1.68 bits per heavy atom. The van der Waals surface area contributed by atoms with Crippen LogP contribution < -0.4 is 9.47 Å². The van der Waals surface area contributed by atoms with Gasteiger partial charge in [0.05, 0.1) is 12.1 Å². The average Bonchev–Trinajstić information content (AvgIpc) is 2.52. The Morgan fingerprint density at radius 3 is 2.32 bits per heavy atom. The van der Waals surface area contributed by atoms with E-state index < -0.39 is 12.1 Å². The molecule has 1 atom stereocenters. The van der Waals surface area contributed by atoms with Crippen molar-refractivity contribution < 1.29 is 19.0 Å². The van der Waals surface area contributed by atoms with Crippen molar-refractivity contribution in [2.24, 2.45) is 0 Å². The van der Waals surface area contributed by atoms with Crippen LogP contribution in [0, 0.1) is 0 Å². The second-order valence-electron chi connectivity index (χ2n) is 4.43. The largest absolute Gasteiger partial charge is 0.477 e. The van der Waals surface area contributed by atoms with Crippen LogP contribution >= 0.6 is 23.2 Å². The Bertz CT molecular complexity index is 656. The van der Waals surface area contributed by atoms with Crippen molar-refractivity contribution in [2.75, 3.05) is 7.11 Å². The second kappa shape index (κ2) is 7.38. The van der Waals surface area contributed by atoms with E-state index >= 15 is 0 Å². The first kappa shape index (κ1) is 16.5. The van der Waals surface area contributed by atoms with Gasteiger partial charge in [-0.1, -0.05) is 23.2 Å². The monoisotopic (exact) mass is 340 g/mol. The van der Waals surface area contributed by atoms with Gasteiger partial charge in [0.1, 0.15) is 17.2 Å². The number of hydrogen-bond acceptors (Lipinski definition) is 4. The van der Waals surface area contributed by atoms with Crippen LogP contribution in [0.4, 0.5) is 0 Å². The Kier molecular flexibility index (Phi) is 5.52. The molecule has 0 bridgehead atoms. The number of carbonyl (C=O) groups is 1. The Hall–Kier alpha value is -1.91. The molecule has 0 N–H and O–H groups in total. The highest BCUT2D eigenvalue weighted by Gasteiger charge is 2.17.